The van der Waals surface area contributed by atoms with E-state index in [4.69, 9.17) is 0 Å². The maximum atomic E-state index is 12.9. The Bertz CT molecular complexity index is 824. The van der Waals surface area contributed by atoms with Gasteiger partial charge in [0.05, 0.1) is 17.5 Å². The van der Waals surface area contributed by atoms with Gasteiger partial charge in [-0.3, -0.25) is 10.1 Å². The molecule has 1 aromatic heterocycles. The topological polar surface area (TPSA) is 46.9 Å². The van der Waals surface area contributed by atoms with Crippen LogP contribution in [0.5, 0.6) is 0 Å². The molecule has 5 heteroatoms. The molecule has 0 atom stereocenters. The Kier molecular flexibility index (Phi) is 4.37. The van der Waals surface area contributed by atoms with Crippen molar-refractivity contribution < 1.29 is 9.18 Å². The van der Waals surface area contributed by atoms with E-state index in [1.807, 2.05) is 28.8 Å². The Labute approximate surface area is 134 Å². The van der Waals surface area contributed by atoms with Crippen molar-refractivity contribution in [2.75, 3.05) is 5.32 Å². The lowest BCUT2D eigenvalue weighted by Gasteiger charge is -2.09. The third kappa shape index (κ3) is 3.39. The second-order valence-corrected chi connectivity index (χ2v) is 5.43. The molecule has 0 bridgehead atoms. The first-order valence-corrected chi connectivity index (χ1v) is 7.67. The number of hydrogen-bond donors (Lipinski definition) is 1. The van der Waals surface area contributed by atoms with Crippen LogP contribution in [0, 0.1) is 5.82 Å². The van der Waals surface area contributed by atoms with Gasteiger partial charge >= 0.3 is 0 Å². The van der Waals surface area contributed by atoms with Gasteiger partial charge in [-0.05, 0) is 36.2 Å². The summed E-state index contributed by atoms with van der Waals surface area (Å²) < 4.78 is 14.9. The van der Waals surface area contributed by atoms with Gasteiger partial charge in [-0.15, -0.1) is 0 Å². The number of carbonyl (C=O) groups excluding carboxylic acids is 1. The number of imidazole rings is 1. The molecule has 23 heavy (non-hydrogen) atoms. The summed E-state index contributed by atoms with van der Waals surface area (Å²) in [7, 11) is 0. The van der Waals surface area contributed by atoms with E-state index in [1.165, 1.54) is 12.1 Å². The van der Waals surface area contributed by atoms with E-state index in [9.17, 15) is 9.18 Å². The maximum Gasteiger partial charge on any atom is 0.231 e. The van der Waals surface area contributed by atoms with Crippen LogP contribution in [0.3, 0.4) is 0 Å². The standard InChI is InChI=1S/C18H18FN3O/c1-2-11-22-16-6-4-3-5-15(16)20-18(22)21-17(23)12-13-7-9-14(19)10-8-13/h3-10H,2,11-12H2,1H3,(H,20,21,23). The lowest BCUT2D eigenvalue weighted by Crippen LogP contribution is -2.18. The van der Waals surface area contributed by atoms with Crippen LogP contribution in [0.15, 0.2) is 48.5 Å². The Morgan fingerprint density at radius 3 is 2.65 bits per heavy atom. The zero-order valence-electron chi connectivity index (χ0n) is 12.9. The predicted octanol–water partition coefficient (Wildman–Crippen LogP) is 3.77. The minimum Gasteiger partial charge on any atom is -0.310 e. The molecule has 3 aromatic rings. The van der Waals surface area contributed by atoms with E-state index >= 15 is 0 Å². The van der Waals surface area contributed by atoms with Crippen LogP contribution in [0.1, 0.15) is 18.9 Å². The average Bonchev–Trinajstić information content (AvgIpc) is 2.88. The molecule has 0 aliphatic heterocycles. The third-order valence-electron chi connectivity index (χ3n) is 3.63. The van der Waals surface area contributed by atoms with Crippen LogP contribution in [-0.4, -0.2) is 15.5 Å². The van der Waals surface area contributed by atoms with E-state index in [-0.39, 0.29) is 18.1 Å². The van der Waals surface area contributed by atoms with Crippen molar-refractivity contribution in [2.24, 2.45) is 0 Å². The van der Waals surface area contributed by atoms with Gasteiger partial charge in [0.25, 0.3) is 0 Å². The van der Waals surface area contributed by atoms with E-state index in [0.29, 0.717) is 5.95 Å². The quantitative estimate of drug-likeness (QED) is 0.779. The molecule has 0 radical (unpaired) electrons. The van der Waals surface area contributed by atoms with E-state index in [1.54, 1.807) is 12.1 Å². The number of amides is 1. The van der Waals surface area contributed by atoms with Crippen molar-refractivity contribution in [1.82, 2.24) is 9.55 Å². The Hall–Kier alpha value is -2.69. The van der Waals surface area contributed by atoms with Crippen LogP contribution < -0.4 is 5.32 Å². The number of rotatable bonds is 5. The van der Waals surface area contributed by atoms with Crippen LogP contribution in [0.4, 0.5) is 10.3 Å². The highest BCUT2D eigenvalue weighted by molar-refractivity contribution is 5.92. The smallest absolute Gasteiger partial charge is 0.231 e. The molecule has 0 saturated heterocycles. The minimum absolute atomic E-state index is 0.163. The van der Waals surface area contributed by atoms with Crippen LogP contribution >= 0.6 is 0 Å². The Morgan fingerprint density at radius 2 is 1.91 bits per heavy atom. The number of nitrogens with zero attached hydrogens (tertiary/aromatic N) is 2. The highest BCUT2D eigenvalue weighted by atomic mass is 19.1. The molecule has 0 spiro atoms. The van der Waals surface area contributed by atoms with Crippen LogP contribution in [0.2, 0.25) is 0 Å². The lowest BCUT2D eigenvalue weighted by molar-refractivity contribution is -0.115. The summed E-state index contributed by atoms with van der Waals surface area (Å²) >= 11 is 0. The highest BCUT2D eigenvalue weighted by Gasteiger charge is 2.13. The van der Waals surface area contributed by atoms with Gasteiger partial charge in [0, 0.05) is 6.54 Å². The number of halogens is 1. The fourth-order valence-electron chi connectivity index (χ4n) is 2.58. The molecule has 4 nitrogen and oxygen atoms in total. The molecule has 1 heterocycles. The molecular weight excluding hydrogens is 293 g/mol. The van der Waals surface area contributed by atoms with Gasteiger partial charge in [-0.25, -0.2) is 9.37 Å². The fourth-order valence-corrected chi connectivity index (χ4v) is 2.58. The van der Waals surface area contributed by atoms with Crippen LogP contribution in [0.25, 0.3) is 11.0 Å². The Balaban J connectivity index is 1.81. The predicted molar refractivity (Wildman–Crippen MR) is 88.8 cm³/mol. The van der Waals surface area contributed by atoms with Gasteiger partial charge in [0.2, 0.25) is 11.9 Å². The van der Waals surface area contributed by atoms with Crippen molar-refractivity contribution in [3.05, 3.63) is 59.9 Å². The summed E-state index contributed by atoms with van der Waals surface area (Å²) in [5.74, 6) is 0.0864. The summed E-state index contributed by atoms with van der Waals surface area (Å²) in [4.78, 5) is 16.7. The summed E-state index contributed by atoms with van der Waals surface area (Å²) in [6.07, 6.45) is 1.14. The minimum atomic E-state index is -0.307. The van der Waals surface area contributed by atoms with Gasteiger partial charge in [-0.1, -0.05) is 31.2 Å². The average molecular weight is 311 g/mol. The maximum absolute atomic E-state index is 12.9. The summed E-state index contributed by atoms with van der Waals surface area (Å²) in [5, 5.41) is 2.87. The first kappa shape index (κ1) is 15.2. The van der Waals surface area contributed by atoms with Gasteiger partial charge in [-0.2, -0.15) is 0 Å². The van der Waals surface area contributed by atoms with E-state index < -0.39 is 0 Å². The molecule has 1 amide bonds. The van der Waals surface area contributed by atoms with Crippen molar-refractivity contribution in [1.29, 1.82) is 0 Å². The van der Waals surface area contributed by atoms with E-state index in [0.717, 1.165) is 29.6 Å². The van der Waals surface area contributed by atoms with E-state index in [2.05, 4.69) is 17.2 Å². The number of aryl methyl sites for hydroxylation is 1. The molecule has 2 aromatic carbocycles. The molecule has 0 unspecified atom stereocenters. The number of nitrogens with one attached hydrogen (secondary N) is 1. The monoisotopic (exact) mass is 311 g/mol. The largest absolute Gasteiger partial charge is 0.310 e. The fraction of sp³-hybridized carbons (Fsp3) is 0.222. The number of anilines is 1. The van der Waals surface area contributed by atoms with Gasteiger partial charge < -0.3 is 4.57 Å². The molecule has 0 saturated carbocycles. The molecule has 0 aliphatic rings. The summed E-state index contributed by atoms with van der Waals surface area (Å²) in [6.45, 7) is 2.87. The molecule has 0 fully saturated rings. The molecule has 0 aliphatic carbocycles. The molecular formula is C18H18FN3O. The normalized spacial score (nSPS) is 10.9. The van der Waals surface area contributed by atoms with Gasteiger partial charge in [0.1, 0.15) is 5.82 Å². The zero-order chi connectivity index (χ0) is 16.2. The number of benzene rings is 2. The van der Waals surface area contributed by atoms with Crippen molar-refractivity contribution >= 4 is 22.9 Å². The number of fused-ring (bicyclic) bond motifs is 1. The second kappa shape index (κ2) is 6.60. The van der Waals surface area contributed by atoms with Crippen LogP contribution in [-0.2, 0) is 17.8 Å². The van der Waals surface area contributed by atoms with Crippen molar-refractivity contribution in [3.63, 3.8) is 0 Å². The summed E-state index contributed by atoms with van der Waals surface area (Å²) in [5.41, 5.74) is 2.63. The highest BCUT2D eigenvalue weighted by Crippen LogP contribution is 2.20. The Morgan fingerprint density at radius 1 is 1.17 bits per heavy atom. The number of aromatic nitrogens is 2. The van der Waals surface area contributed by atoms with Crippen molar-refractivity contribution in [3.8, 4) is 0 Å². The second-order valence-electron chi connectivity index (χ2n) is 5.43. The summed E-state index contributed by atoms with van der Waals surface area (Å²) in [6, 6.07) is 13.7. The first-order chi connectivity index (χ1) is 11.2. The number of carbonyl (C=O) groups is 1. The molecule has 3 rings (SSSR count). The van der Waals surface area contributed by atoms with Gasteiger partial charge in [0.15, 0.2) is 0 Å². The number of para-hydroxylation sites is 2. The number of hydrogen-bond acceptors (Lipinski definition) is 2. The SMILES string of the molecule is CCCn1c(NC(=O)Cc2ccc(F)cc2)nc2ccccc21. The van der Waals surface area contributed by atoms with Crippen molar-refractivity contribution in [2.45, 2.75) is 26.3 Å². The molecule has 1 N–H and O–H groups in total. The first-order valence-electron chi connectivity index (χ1n) is 7.67. The lowest BCUT2D eigenvalue weighted by atomic mass is 10.1. The molecule has 118 valence electrons. The zero-order valence-corrected chi connectivity index (χ0v) is 12.9. The third-order valence-corrected chi connectivity index (χ3v) is 3.63.